The molecular weight excluding hydrogens is 280 g/mol. The molecule has 0 saturated heterocycles. The molecule has 2 N–H and O–H groups in total. The van der Waals surface area contributed by atoms with E-state index in [0.29, 0.717) is 5.82 Å². The molecular formula is C16H16N4S. The first-order valence-electron chi connectivity index (χ1n) is 7.09. The van der Waals surface area contributed by atoms with Gasteiger partial charge in [0.15, 0.2) is 11.6 Å². The van der Waals surface area contributed by atoms with Gasteiger partial charge in [-0.1, -0.05) is 12.1 Å². The van der Waals surface area contributed by atoms with Crippen LogP contribution in [0.3, 0.4) is 0 Å². The highest BCUT2D eigenvalue weighted by Crippen LogP contribution is 2.37. The molecule has 2 aromatic heterocycles. The summed E-state index contributed by atoms with van der Waals surface area (Å²) in [6, 6.07) is 10.4. The molecule has 1 aromatic carbocycles. The van der Waals surface area contributed by atoms with Crippen LogP contribution >= 0.6 is 11.3 Å². The maximum Gasteiger partial charge on any atom is 0.172 e. The van der Waals surface area contributed by atoms with Crippen molar-refractivity contribution in [1.82, 2.24) is 9.97 Å². The van der Waals surface area contributed by atoms with E-state index < -0.39 is 0 Å². The first kappa shape index (κ1) is 12.6. The number of nitrogens with two attached hydrogens (primary N) is 1. The molecule has 1 aliphatic heterocycles. The topological polar surface area (TPSA) is 55.0 Å². The van der Waals surface area contributed by atoms with Crippen LogP contribution < -0.4 is 10.6 Å². The van der Waals surface area contributed by atoms with Crippen LogP contribution in [0.25, 0.3) is 11.0 Å². The number of nitrogen functional groups attached to an aromatic ring is 1. The van der Waals surface area contributed by atoms with Crippen LogP contribution in [0, 0.1) is 0 Å². The van der Waals surface area contributed by atoms with E-state index in [4.69, 9.17) is 10.7 Å². The molecule has 106 valence electrons. The SMILES string of the molecule is CC1c2ccsc2CCN1c1nc2ccccc2nc1N. The first-order valence-corrected chi connectivity index (χ1v) is 7.97. The highest BCUT2D eigenvalue weighted by Gasteiger charge is 2.27. The molecule has 0 fully saturated rings. The molecule has 21 heavy (non-hydrogen) atoms. The summed E-state index contributed by atoms with van der Waals surface area (Å²) in [6.45, 7) is 3.15. The molecule has 1 atom stereocenters. The van der Waals surface area contributed by atoms with Gasteiger partial charge < -0.3 is 10.6 Å². The van der Waals surface area contributed by atoms with Crippen LogP contribution in [0.4, 0.5) is 11.6 Å². The molecule has 0 spiro atoms. The van der Waals surface area contributed by atoms with Gasteiger partial charge in [0.1, 0.15) is 0 Å². The largest absolute Gasteiger partial charge is 0.381 e. The van der Waals surface area contributed by atoms with Crippen LogP contribution in [-0.4, -0.2) is 16.5 Å². The van der Waals surface area contributed by atoms with E-state index in [2.05, 4.69) is 28.3 Å². The molecule has 0 amide bonds. The van der Waals surface area contributed by atoms with Crippen LogP contribution in [-0.2, 0) is 6.42 Å². The fraction of sp³-hybridized carbons (Fsp3) is 0.250. The maximum absolute atomic E-state index is 6.16. The lowest BCUT2D eigenvalue weighted by molar-refractivity contribution is 0.626. The average molecular weight is 296 g/mol. The van der Waals surface area contributed by atoms with Gasteiger partial charge >= 0.3 is 0 Å². The summed E-state index contributed by atoms with van der Waals surface area (Å²) in [7, 11) is 0. The summed E-state index contributed by atoms with van der Waals surface area (Å²) in [6.07, 6.45) is 1.05. The number of nitrogens with zero attached hydrogens (tertiary/aromatic N) is 3. The van der Waals surface area contributed by atoms with Crippen molar-refractivity contribution >= 4 is 34.0 Å². The second kappa shape index (κ2) is 4.70. The Morgan fingerprint density at radius 2 is 1.95 bits per heavy atom. The van der Waals surface area contributed by atoms with Gasteiger partial charge in [0.25, 0.3) is 0 Å². The van der Waals surface area contributed by atoms with Crippen molar-refractivity contribution in [2.45, 2.75) is 19.4 Å². The Morgan fingerprint density at radius 1 is 1.19 bits per heavy atom. The second-order valence-electron chi connectivity index (χ2n) is 5.34. The quantitative estimate of drug-likeness (QED) is 0.748. The lowest BCUT2D eigenvalue weighted by Gasteiger charge is -2.35. The van der Waals surface area contributed by atoms with Crippen LogP contribution in [0.5, 0.6) is 0 Å². The smallest absolute Gasteiger partial charge is 0.172 e. The summed E-state index contributed by atoms with van der Waals surface area (Å²) >= 11 is 1.84. The average Bonchev–Trinajstić information content (AvgIpc) is 2.97. The molecule has 5 heteroatoms. The Bertz CT molecular complexity index is 811. The lowest BCUT2D eigenvalue weighted by Crippen LogP contribution is -2.34. The van der Waals surface area contributed by atoms with Gasteiger partial charge in [0.2, 0.25) is 0 Å². The molecule has 4 rings (SSSR count). The van der Waals surface area contributed by atoms with Gasteiger partial charge in [-0.25, -0.2) is 9.97 Å². The number of para-hydroxylation sites is 2. The molecule has 0 radical (unpaired) electrons. The highest BCUT2D eigenvalue weighted by molar-refractivity contribution is 7.10. The zero-order valence-corrected chi connectivity index (χ0v) is 12.6. The van der Waals surface area contributed by atoms with Gasteiger partial charge in [-0.2, -0.15) is 0 Å². The summed E-state index contributed by atoms with van der Waals surface area (Å²) in [5.41, 5.74) is 9.29. The third-order valence-electron chi connectivity index (χ3n) is 4.13. The maximum atomic E-state index is 6.16. The molecule has 4 nitrogen and oxygen atoms in total. The Balaban J connectivity index is 1.82. The minimum absolute atomic E-state index is 0.290. The third-order valence-corrected chi connectivity index (χ3v) is 5.12. The standard InChI is InChI=1S/C16H16N4S/c1-10-11-7-9-21-14(11)6-8-20(10)16-15(17)18-12-4-2-3-5-13(12)19-16/h2-5,7,9-10H,6,8H2,1H3,(H2,17,18). The predicted molar refractivity (Wildman–Crippen MR) is 87.7 cm³/mol. The molecule has 0 aliphatic carbocycles. The monoisotopic (exact) mass is 296 g/mol. The van der Waals surface area contributed by atoms with Gasteiger partial charge in [0.05, 0.1) is 17.1 Å². The predicted octanol–water partition coefficient (Wildman–Crippen LogP) is 3.40. The van der Waals surface area contributed by atoms with Crippen molar-refractivity contribution in [1.29, 1.82) is 0 Å². The van der Waals surface area contributed by atoms with Crippen LogP contribution in [0.15, 0.2) is 35.7 Å². The van der Waals surface area contributed by atoms with E-state index in [0.717, 1.165) is 29.8 Å². The Morgan fingerprint density at radius 3 is 2.76 bits per heavy atom. The number of thiophene rings is 1. The van der Waals surface area contributed by atoms with Crippen molar-refractivity contribution in [2.24, 2.45) is 0 Å². The minimum atomic E-state index is 0.290. The van der Waals surface area contributed by atoms with Gasteiger partial charge in [0, 0.05) is 11.4 Å². The Kier molecular flexibility index (Phi) is 2.82. The highest BCUT2D eigenvalue weighted by atomic mass is 32.1. The van der Waals surface area contributed by atoms with Crippen molar-refractivity contribution in [3.05, 3.63) is 46.2 Å². The first-order chi connectivity index (χ1) is 10.2. The van der Waals surface area contributed by atoms with Crippen molar-refractivity contribution in [3.8, 4) is 0 Å². The molecule has 3 aromatic rings. The Hall–Kier alpha value is -2.14. The molecule has 3 heterocycles. The van der Waals surface area contributed by atoms with Gasteiger partial charge in [-0.15, -0.1) is 11.3 Å². The molecule has 0 bridgehead atoms. The summed E-state index contributed by atoms with van der Waals surface area (Å²) in [4.78, 5) is 13.0. The van der Waals surface area contributed by atoms with E-state index in [1.807, 2.05) is 35.6 Å². The van der Waals surface area contributed by atoms with Gasteiger partial charge in [-0.3, -0.25) is 0 Å². The van der Waals surface area contributed by atoms with E-state index in [1.165, 1.54) is 10.4 Å². The van der Waals surface area contributed by atoms with Gasteiger partial charge in [-0.05, 0) is 42.5 Å². The number of hydrogen-bond donors (Lipinski definition) is 1. The number of anilines is 2. The van der Waals surface area contributed by atoms with E-state index >= 15 is 0 Å². The zero-order chi connectivity index (χ0) is 14.4. The number of fused-ring (bicyclic) bond motifs is 2. The fourth-order valence-electron chi connectivity index (χ4n) is 3.01. The number of aromatic nitrogens is 2. The number of rotatable bonds is 1. The minimum Gasteiger partial charge on any atom is -0.381 e. The van der Waals surface area contributed by atoms with E-state index in [9.17, 15) is 0 Å². The fourth-order valence-corrected chi connectivity index (χ4v) is 3.98. The summed E-state index contributed by atoms with van der Waals surface area (Å²) < 4.78 is 0. The van der Waals surface area contributed by atoms with Crippen LogP contribution in [0.1, 0.15) is 23.4 Å². The van der Waals surface area contributed by atoms with E-state index in [1.54, 1.807) is 0 Å². The molecule has 1 aliphatic rings. The summed E-state index contributed by atoms with van der Waals surface area (Å²) in [5.74, 6) is 1.32. The van der Waals surface area contributed by atoms with Crippen molar-refractivity contribution in [3.63, 3.8) is 0 Å². The van der Waals surface area contributed by atoms with Crippen molar-refractivity contribution < 1.29 is 0 Å². The van der Waals surface area contributed by atoms with Crippen LogP contribution in [0.2, 0.25) is 0 Å². The lowest BCUT2D eigenvalue weighted by atomic mass is 10.0. The molecule has 0 saturated carbocycles. The van der Waals surface area contributed by atoms with Crippen molar-refractivity contribution in [2.75, 3.05) is 17.2 Å². The third kappa shape index (κ3) is 1.96. The normalized spacial score (nSPS) is 18.0. The summed E-state index contributed by atoms with van der Waals surface area (Å²) in [5, 5.41) is 2.17. The molecule has 1 unspecified atom stereocenters. The zero-order valence-electron chi connectivity index (χ0n) is 11.8. The second-order valence-corrected chi connectivity index (χ2v) is 6.34. The van der Waals surface area contributed by atoms with E-state index in [-0.39, 0.29) is 6.04 Å². The number of hydrogen-bond acceptors (Lipinski definition) is 5. The number of benzene rings is 1. The Labute approximate surface area is 127 Å².